The number of aliphatic hydroxyl groups is 1. The molecule has 1 aromatic heterocycles. The number of thiazole rings is 1. The van der Waals surface area contributed by atoms with Gasteiger partial charge in [0.2, 0.25) is 5.91 Å². The normalized spacial score (nSPS) is 19.4. The highest BCUT2D eigenvalue weighted by atomic mass is 32.1. The van der Waals surface area contributed by atoms with E-state index in [1.165, 1.54) is 5.56 Å². The van der Waals surface area contributed by atoms with Crippen LogP contribution in [-0.2, 0) is 10.2 Å². The maximum absolute atomic E-state index is 12.5. The first-order chi connectivity index (χ1) is 11.9. The summed E-state index contributed by atoms with van der Waals surface area (Å²) in [7, 11) is 0. The maximum atomic E-state index is 12.5. The van der Waals surface area contributed by atoms with Crippen LogP contribution < -0.4 is 5.73 Å². The van der Waals surface area contributed by atoms with E-state index < -0.39 is 12.1 Å². The molecule has 2 aromatic rings. The summed E-state index contributed by atoms with van der Waals surface area (Å²) < 4.78 is 0. The first-order valence-electron chi connectivity index (χ1n) is 8.64. The number of nitrogens with two attached hydrogens (primary N) is 1. The number of likely N-dealkylation sites (tertiary alicyclic amines) is 1. The molecule has 0 spiro atoms. The predicted octanol–water partition coefficient (Wildman–Crippen LogP) is 2.07. The summed E-state index contributed by atoms with van der Waals surface area (Å²) in [5, 5.41) is 12.8. The van der Waals surface area contributed by atoms with E-state index in [-0.39, 0.29) is 11.3 Å². The Bertz CT molecular complexity index is 721. The van der Waals surface area contributed by atoms with Gasteiger partial charge in [0, 0.05) is 23.9 Å². The summed E-state index contributed by atoms with van der Waals surface area (Å²) in [5.41, 5.74) is 8.00. The molecule has 1 aliphatic heterocycles. The van der Waals surface area contributed by atoms with Crippen molar-refractivity contribution in [3.8, 4) is 0 Å². The van der Waals surface area contributed by atoms with Gasteiger partial charge in [-0.2, -0.15) is 0 Å². The molecule has 25 heavy (non-hydrogen) atoms. The minimum atomic E-state index is -0.856. The standard InChI is InChI=1S/C19H25N3O2S/c1-13(23)17(20)18(24)22-10-8-19(9-11-22,15-6-4-3-5-7-15)16-12-25-14(2)21-16/h3-7,12-13,17,23H,8-11,20H2,1-2H3/t13-,17+/m1/s1. The van der Waals surface area contributed by atoms with Gasteiger partial charge in [0.25, 0.3) is 0 Å². The average molecular weight is 359 g/mol. The number of benzene rings is 1. The molecule has 2 atom stereocenters. The summed E-state index contributed by atoms with van der Waals surface area (Å²) in [6, 6.07) is 9.56. The van der Waals surface area contributed by atoms with Crippen LogP contribution in [0.2, 0.25) is 0 Å². The third-order valence-electron chi connectivity index (χ3n) is 5.17. The van der Waals surface area contributed by atoms with Gasteiger partial charge in [0.1, 0.15) is 6.04 Å². The van der Waals surface area contributed by atoms with Crippen LogP contribution in [-0.4, -0.2) is 46.1 Å². The van der Waals surface area contributed by atoms with E-state index in [1.54, 1.807) is 23.2 Å². The topological polar surface area (TPSA) is 79.5 Å². The molecule has 0 saturated carbocycles. The number of amides is 1. The highest BCUT2D eigenvalue weighted by molar-refractivity contribution is 7.09. The molecule has 5 nitrogen and oxygen atoms in total. The summed E-state index contributed by atoms with van der Waals surface area (Å²) in [6.07, 6.45) is 0.770. The largest absolute Gasteiger partial charge is 0.391 e. The number of rotatable bonds is 4. The van der Waals surface area contributed by atoms with E-state index in [1.807, 2.05) is 13.0 Å². The van der Waals surface area contributed by atoms with Crippen LogP contribution in [0.4, 0.5) is 0 Å². The minimum absolute atomic E-state index is 0.169. The van der Waals surface area contributed by atoms with Crippen molar-refractivity contribution in [2.24, 2.45) is 5.73 Å². The van der Waals surface area contributed by atoms with Crippen molar-refractivity contribution in [2.75, 3.05) is 13.1 Å². The molecule has 1 aliphatic rings. The zero-order valence-electron chi connectivity index (χ0n) is 14.7. The molecule has 1 amide bonds. The van der Waals surface area contributed by atoms with Gasteiger partial charge >= 0.3 is 0 Å². The Hall–Kier alpha value is -1.76. The monoisotopic (exact) mass is 359 g/mol. The van der Waals surface area contributed by atoms with E-state index in [2.05, 4.69) is 29.6 Å². The van der Waals surface area contributed by atoms with Gasteiger partial charge in [0.15, 0.2) is 0 Å². The lowest BCUT2D eigenvalue weighted by atomic mass is 9.70. The van der Waals surface area contributed by atoms with Gasteiger partial charge in [-0.3, -0.25) is 4.79 Å². The lowest BCUT2D eigenvalue weighted by Gasteiger charge is -2.42. The van der Waals surface area contributed by atoms with Crippen molar-refractivity contribution < 1.29 is 9.90 Å². The van der Waals surface area contributed by atoms with Crippen LogP contribution >= 0.6 is 11.3 Å². The smallest absolute Gasteiger partial charge is 0.242 e. The van der Waals surface area contributed by atoms with Crippen LogP contribution in [0.15, 0.2) is 35.7 Å². The van der Waals surface area contributed by atoms with Gasteiger partial charge in [-0.05, 0) is 32.3 Å². The zero-order chi connectivity index (χ0) is 18.0. The number of hydrogen-bond acceptors (Lipinski definition) is 5. The van der Waals surface area contributed by atoms with Crippen molar-refractivity contribution in [2.45, 2.75) is 44.2 Å². The van der Waals surface area contributed by atoms with Gasteiger partial charge in [-0.1, -0.05) is 30.3 Å². The molecule has 2 heterocycles. The third kappa shape index (κ3) is 3.47. The molecule has 0 unspecified atom stereocenters. The summed E-state index contributed by atoms with van der Waals surface area (Å²) in [6.45, 7) is 4.81. The average Bonchev–Trinajstić information content (AvgIpc) is 3.08. The molecule has 1 fully saturated rings. The summed E-state index contributed by atoms with van der Waals surface area (Å²) >= 11 is 1.66. The predicted molar refractivity (Wildman–Crippen MR) is 99.5 cm³/mol. The number of piperidine rings is 1. The van der Waals surface area contributed by atoms with Crippen LogP contribution in [0, 0.1) is 6.92 Å². The van der Waals surface area contributed by atoms with Crippen LogP contribution in [0.3, 0.4) is 0 Å². The Morgan fingerprint density at radius 2 is 1.96 bits per heavy atom. The van der Waals surface area contributed by atoms with E-state index in [0.717, 1.165) is 23.5 Å². The van der Waals surface area contributed by atoms with Gasteiger partial charge in [-0.15, -0.1) is 11.3 Å². The lowest BCUT2D eigenvalue weighted by molar-refractivity contribution is -0.136. The molecular weight excluding hydrogens is 334 g/mol. The van der Waals surface area contributed by atoms with Crippen molar-refractivity contribution in [1.82, 2.24) is 9.88 Å². The Morgan fingerprint density at radius 3 is 2.48 bits per heavy atom. The number of aromatic nitrogens is 1. The molecule has 3 rings (SSSR count). The van der Waals surface area contributed by atoms with Crippen LogP contribution in [0.1, 0.15) is 36.0 Å². The van der Waals surface area contributed by atoms with E-state index in [9.17, 15) is 9.90 Å². The first kappa shape index (κ1) is 18.0. The Labute approximate surface area is 152 Å². The quantitative estimate of drug-likeness (QED) is 0.876. The molecule has 0 radical (unpaired) electrons. The maximum Gasteiger partial charge on any atom is 0.242 e. The van der Waals surface area contributed by atoms with Crippen molar-refractivity contribution in [1.29, 1.82) is 0 Å². The fourth-order valence-electron chi connectivity index (χ4n) is 3.56. The van der Waals surface area contributed by atoms with Gasteiger partial charge in [-0.25, -0.2) is 4.98 Å². The Morgan fingerprint density at radius 1 is 1.32 bits per heavy atom. The fraction of sp³-hybridized carbons (Fsp3) is 0.474. The SMILES string of the molecule is Cc1nc(C2(c3ccccc3)CCN(C(=O)[C@@H](N)[C@@H](C)O)CC2)cs1. The molecule has 1 aromatic carbocycles. The molecule has 134 valence electrons. The number of hydrogen-bond donors (Lipinski definition) is 2. The number of carbonyl (C=O) groups excluding carboxylic acids is 1. The van der Waals surface area contributed by atoms with E-state index in [4.69, 9.17) is 10.7 Å². The highest BCUT2D eigenvalue weighted by Crippen LogP contribution is 2.42. The molecule has 3 N–H and O–H groups in total. The fourth-order valence-corrected chi connectivity index (χ4v) is 4.27. The Kier molecular flexibility index (Phi) is 5.22. The van der Waals surface area contributed by atoms with E-state index >= 15 is 0 Å². The van der Waals surface area contributed by atoms with Crippen LogP contribution in [0.25, 0.3) is 0 Å². The molecule has 0 bridgehead atoms. The summed E-state index contributed by atoms with van der Waals surface area (Å²) in [4.78, 5) is 19.0. The molecule has 1 saturated heterocycles. The second-order valence-corrected chi connectivity index (χ2v) is 7.85. The first-order valence-corrected chi connectivity index (χ1v) is 9.52. The minimum Gasteiger partial charge on any atom is -0.391 e. The second kappa shape index (κ2) is 7.23. The zero-order valence-corrected chi connectivity index (χ0v) is 15.5. The number of carbonyl (C=O) groups is 1. The van der Waals surface area contributed by atoms with Crippen molar-refractivity contribution in [3.63, 3.8) is 0 Å². The van der Waals surface area contributed by atoms with Gasteiger partial charge < -0.3 is 15.7 Å². The molecular formula is C19H25N3O2S. The van der Waals surface area contributed by atoms with Gasteiger partial charge in [0.05, 0.1) is 16.8 Å². The van der Waals surface area contributed by atoms with Crippen molar-refractivity contribution in [3.05, 3.63) is 52.0 Å². The number of nitrogens with zero attached hydrogens (tertiary/aromatic N) is 2. The lowest BCUT2D eigenvalue weighted by Crippen LogP contribution is -2.53. The van der Waals surface area contributed by atoms with E-state index in [0.29, 0.717) is 13.1 Å². The third-order valence-corrected chi connectivity index (χ3v) is 5.94. The molecule has 0 aliphatic carbocycles. The Balaban J connectivity index is 1.86. The molecule has 6 heteroatoms. The van der Waals surface area contributed by atoms with Crippen molar-refractivity contribution >= 4 is 17.2 Å². The highest BCUT2D eigenvalue weighted by Gasteiger charge is 2.41. The van der Waals surface area contributed by atoms with Crippen LogP contribution in [0.5, 0.6) is 0 Å². The second-order valence-electron chi connectivity index (χ2n) is 6.79. The number of aliphatic hydroxyl groups excluding tert-OH is 1. The summed E-state index contributed by atoms with van der Waals surface area (Å²) in [5.74, 6) is -0.175. The number of aryl methyl sites for hydroxylation is 1.